The maximum absolute atomic E-state index is 4.46. The van der Waals surface area contributed by atoms with Crippen LogP contribution in [0.2, 0.25) is 0 Å². The van der Waals surface area contributed by atoms with Crippen LogP contribution in [-0.4, -0.2) is 9.97 Å². The Morgan fingerprint density at radius 3 is 2.15 bits per heavy atom. The smallest absolute Gasteiger partial charge is 0.0163 e. The van der Waals surface area contributed by atoms with Gasteiger partial charge in [-0.3, -0.25) is 0 Å². The second-order valence-corrected chi connectivity index (χ2v) is 7.93. The van der Waals surface area contributed by atoms with Gasteiger partial charge in [-0.1, -0.05) is 61.0 Å². The number of hydrogen-bond acceptors (Lipinski definition) is 2. The van der Waals surface area contributed by atoms with E-state index in [9.17, 15) is 0 Å². The molecule has 0 atom stereocenters. The number of pyridine rings is 2. The van der Waals surface area contributed by atoms with E-state index >= 15 is 0 Å². The third-order valence-corrected chi connectivity index (χ3v) is 5.35. The summed E-state index contributed by atoms with van der Waals surface area (Å²) in [6, 6.07) is 39.1. The molecule has 5 aromatic rings. The number of aryl methyl sites for hydroxylation is 2. The maximum atomic E-state index is 4.46. The Morgan fingerprint density at radius 2 is 1.44 bits per heavy atom. The van der Waals surface area contributed by atoms with Gasteiger partial charge in [-0.25, -0.2) is 0 Å². The summed E-state index contributed by atoms with van der Waals surface area (Å²) in [6.45, 7) is 4.23. The number of benzene rings is 3. The van der Waals surface area contributed by atoms with E-state index in [0.29, 0.717) is 0 Å². The molecule has 0 saturated heterocycles. The van der Waals surface area contributed by atoms with Crippen molar-refractivity contribution < 1.29 is 20.1 Å². The van der Waals surface area contributed by atoms with E-state index in [1.54, 1.807) is 6.20 Å². The van der Waals surface area contributed by atoms with Crippen LogP contribution in [0, 0.1) is 26.0 Å². The minimum Gasteiger partial charge on any atom is -0.305 e. The molecule has 34 heavy (non-hydrogen) atoms. The van der Waals surface area contributed by atoms with Gasteiger partial charge in [0.1, 0.15) is 0 Å². The van der Waals surface area contributed by atoms with Gasteiger partial charge in [0.05, 0.1) is 0 Å². The topological polar surface area (TPSA) is 25.8 Å². The molecule has 0 bridgehead atoms. The van der Waals surface area contributed by atoms with Gasteiger partial charge in [-0.15, -0.1) is 70.8 Å². The fraction of sp³-hybridized carbons (Fsp3) is 0.0968. The average Bonchev–Trinajstić information content (AvgIpc) is 2.87. The Kier molecular flexibility index (Phi) is 9.46. The summed E-state index contributed by atoms with van der Waals surface area (Å²) < 4.78 is 0. The van der Waals surface area contributed by atoms with Crippen molar-refractivity contribution >= 4 is 0 Å². The summed E-state index contributed by atoms with van der Waals surface area (Å²) in [5.74, 6) is 0. The third kappa shape index (κ3) is 7.05. The predicted molar refractivity (Wildman–Crippen MR) is 136 cm³/mol. The fourth-order valence-corrected chi connectivity index (χ4v) is 3.52. The van der Waals surface area contributed by atoms with Crippen molar-refractivity contribution in [2.24, 2.45) is 0 Å². The molecule has 0 spiro atoms. The van der Waals surface area contributed by atoms with Gasteiger partial charge in [-0.2, -0.15) is 0 Å². The molecule has 2 aromatic heterocycles. The van der Waals surface area contributed by atoms with Crippen LogP contribution in [0.4, 0.5) is 0 Å². The van der Waals surface area contributed by atoms with Gasteiger partial charge >= 0.3 is 0 Å². The second kappa shape index (κ2) is 12.7. The van der Waals surface area contributed by atoms with Crippen LogP contribution in [0.1, 0.15) is 22.3 Å². The summed E-state index contributed by atoms with van der Waals surface area (Å²) in [6.07, 6.45) is 4.59. The van der Waals surface area contributed by atoms with Gasteiger partial charge in [0, 0.05) is 32.5 Å². The molecule has 0 unspecified atom stereocenters. The molecule has 5 rings (SSSR count). The Bertz CT molecular complexity index is 1250. The van der Waals surface area contributed by atoms with Gasteiger partial charge < -0.3 is 9.97 Å². The van der Waals surface area contributed by atoms with E-state index in [-0.39, 0.29) is 20.1 Å². The summed E-state index contributed by atoms with van der Waals surface area (Å²) in [4.78, 5) is 8.67. The molecule has 0 saturated carbocycles. The fourth-order valence-electron chi connectivity index (χ4n) is 3.52. The zero-order chi connectivity index (χ0) is 22.9. The molecule has 1 radical (unpaired) electrons. The second-order valence-electron chi connectivity index (χ2n) is 7.93. The van der Waals surface area contributed by atoms with Crippen LogP contribution in [0.15, 0.2) is 109 Å². The molecule has 3 heteroatoms. The van der Waals surface area contributed by atoms with Crippen molar-refractivity contribution in [3.63, 3.8) is 0 Å². The molecular formula is C31H26IrN2-2. The zero-order valence-electron chi connectivity index (χ0n) is 19.3. The van der Waals surface area contributed by atoms with E-state index in [1.807, 2.05) is 54.7 Å². The predicted octanol–water partition coefficient (Wildman–Crippen LogP) is 7.30. The number of hydrogen-bond donors (Lipinski definition) is 0. The van der Waals surface area contributed by atoms with Crippen molar-refractivity contribution in [1.29, 1.82) is 0 Å². The first kappa shape index (κ1) is 25.2. The first-order chi connectivity index (χ1) is 16.2. The normalized spacial score (nSPS) is 9.94. The maximum Gasteiger partial charge on any atom is 0.0163 e. The van der Waals surface area contributed by atoms with E-state index < -0.39 is 0 Å². The van der Waals surface area contributed by atoms with Gasteiger partial charge in [0.15, 0.2) is 0 Å². The van der Waals surface area contributed by atoms with Crippen molar-refractivity contribution in [3.8, 4) is 22.5 Å². The first-order valence-electron chi connectivity index (χ1n) is 11.1. The molecule has 2 nitrogen and oxygen atoms in total. The molecule has 2 heterocycles. The molecule has 0 aliphatic carbocycles. The number of aromatic nitrogens is 2. The van der Waals surface area contributed by atoms with E-state index in [4.69, 9.17) is 0 Å². The van der Waals surface area contributed by atoms with Crippen molar-refractivity contribution in [2.45, 2.75) is 20.3 Å². The van der Waals surface area contributed by atoms with E-state index in [0.717, 1.165) is 28.9 Å². The first-order valence-corrected chi connectivity index (χ1v) is 11.1. The van der Waals surface area contributed by atoms with Crippen molar-refractivity contribution in [3.05, 3.63) is 144 Å². The van der Waals surface area contributed by atoms with Crippen LogP contribution >= 0.6 is 0 Å². The van der Waals surface area contributed by atoms with Crippen molar-refractivity contribution in [1.82, 2.24) is 9.97 Å². The Morgan fingerprint density at radius 1 is 0.676 bits per heavy atom. The van der Waals surface area contributed by atoms with Gasteiger partial charge in [-0.05, 0) is 42.4 Å². The monoisotopic (exact) mass is 619 g/mol. The third-order valence-electron chi connectivity index (χ3n) is 5.35. The largest absolute Gasteiger partial charge is 0.305 e. The molecule has 0 aliphatic heterocycles. The quantitative estimate of drug-likeness (QED) is 0.198. The summed E-state index contributed by atoms with van der Waals surface area (Å²) >= 11 is 0. The van der Waals surface area contributed by atoms with E-state index in [1.165, 1.54) is 22.3 Å². The minimum atomic E-state index is 0. The molecule has 171 valence electrons. The van der Waals surface area contributed by atoms with E-state index in [2.05, 4.69) is 84.5 Å². The molecule has 0 amide bonds. The minimum absolute atomic E-state index is 0. The van der Waals surface area contributed by atoms with Crippen LogP contribution in [0.5, 0.6) is 0 Å². The molecule has 0 fully saturated rings. The van der Waals surface area contributed by atoms with Crippen LogP contribution in [-0.2, 0) is 26.5 Å². The standard InChI is InChI=1S/C20H18N.C11H8N.Ir/c1-15-10-11-21-20(12-15)18-9-8-16(2)19(14-18)13-17-6-4-3-5-7-17;1-2-6-10(7-3-1)11-8-4-5-9-12-11;/h3-8,10-12,14H,13H2,1-2H3;1-6,8-9H;/q2*-1;. The molecule has 0 N–H and O–H groups in total. The number of rotatable bonds is 4. The van der Waals surface area contributed by atoms with Gasteiger partial charge in [0.25, 0.3) is 0 Å². The molecular weight excluding hydrogens is 593 g/mol. The van der Waals surface area contributed by atoms with Crippen LogP contribution < -0.4 is 0 Å². The van der Waals surface area contributed by atoms with Crippen LogP contribution in [0.25, 0.3) is 22.5 Å². The van der Waals surface area contributed by atoms with Crippen LogP contribution in [0.3, 0.4) is 0 Å². The van der Waals surface area contributed by atoms with Crippen molar-refractivity contribution in [2.75, 3.05) is 0 Å². The summed E-state index contributed by atoms with van der Waals surface area (Å²) in [7, 11) is 0. The SMILES string of the molecule is Cc1ccnc(-c2[c-]cc(C)c(Cc3ccccc3)c2)c1.[Ir].[c-]1ccccc1-c1ccccn1. The summed E-state index contributed by atoms with van der Waals surface area (Å²) in [5.41, 5.74) is 9.22. The average molecular weight is 619 g/mol. The number of nitrogens with zero attached hydrogens (tertiary/aromatic N) is 2. The molecule has 3 aromatic carbocycles. The Labute approximate surface area is 216 Å². The Balaban J connectivity index is 0.000000212. The zero-order valence-corrected chi connectivity index (χ0v) is 21.7. The Hall–Kier alpha value is -3.39. The molecule has 0 aliphatic rings. The summed E-state index contributed by atoms with van der Waals surface area (Å²) in [5, 5.41) is 0. The van der Waals surface area contributed by atoms with Gasteiger partial charge in [0.2, 0.25) is 0 Å².